The second-order valence-corrected chi connectivity index (χ2v) is 6.60. The fourth-order valence-electron chi connectivity index (χ4n) is 2.00. The van der Waals surface area contributed by atoms with Gasteiger partial charge in [-0.25, -0.2) is 8.42 Å². The van der Waals surface area contributed by atoms with Crippen LogP contribution in [0.15, 0.2) is 9.31 Å². The van der Waals surface area contributed by atoms with Crippen LogP contribution in [-0.2, 0) is 21.3 Å². The van der Waals surface area contributed by atoms with Gasteiger partial charge in [0.1, 0.15) is 16.4 Å². The molecule has 1 rings (SSSR count). The van der Waals surface area contributed by atoms with Crippen molar-refractivity contribution < 1.29 is 17.6 Å². The fraction of sp³-hybridized carbons (Fsp3) is 0.692. The van der Waals surface area contributed by atoms with E-state index in [2.05, 4.69) is 5.32 Å². The van der Waals surface area contributed by atoms with Crippen molar-refractivity contribution in [2.75, 3.05) is 33.9 Å². The molecule has 116 valence electrons. The Morgan fingerprint density at radius 1 is 1.30 bits per heavy atom. The second-order valence-electron chi connectivity index (χ2n) is 4.62. The van der Waals surface area contributed by atoms with Crippen molar-refractivity contribution in [2.45, 2.75) is 32.2 Å². The van der Waals surface area contributed by atoms with Crippen LogP contribution in [0, 0.1) is 13.8 Å². The topological polar surface area (TPSA) is 71.8 Å². The number of hydrogen-bond donors (Lipinski definition) is 1. The molecule has 1 N–H and O–H groups in total. The predicted molar refractivity (Wildman–Crippen MR) is 77.3 cm³/mol. The zero-order valence-electron chi connectivity index (χ0n) is 12.8. The van der Waals surface area contributed by atoms with Crippen LogP contribution >= 0.6 is 0 Å². The number of likely N-dealkylation sites (N-methyl/N-ethyl adjacent to an activating group) is 1. The van der Waals surface area contributed by atoms with Crippen LogP contribution in [0.1, 0.15) is 24.0 Å². The maximum atomic E-state index is 12.6. The molecule has 0 saturated heterocycles. The number of furan rings is 1. The summed E-state index contributed by atoms with van der Waals surface area (Å²) in [6.07, 6.45) is 0. The molecule has 0 saturated carbocycles. The summed E-state index contributed by atoms with van der Waals surface area (Å²) < 4.78 is 37.0. The predicted octanol–water partition coefficient (Wildman–Crippen LogP) is 1.27. The molecule has 20 heavy (non-hydrogen) atoms. The van der Waals surface area contributed by atoms with Gasteiger partial charge in [0, 0.05) is 32.8 Å². The largest absolute Gasteiger partial charge is 0.465 e. The molecular weight excluding hydrogens is 280 g/mol. The summed E-state index contributed by atoms with van der Waals surface area (Å²) in [5, 5.41) is 3.15. The molecule has 0 spiro atoms. The van der Waals surface area contributed by atoms with E-state index in [0.717, 1.165) is 6.54 Å². The SMILES string of the molecule is CCNCc1c(C)oc(C)c1S(=O)(=O)N(C)CCOC. The van der Waals surface area contributed by atoms with Crippen LogP contribution in [0.3, 0.4) is 0 Å². The van der Waals surface area contributed by atoms with Crippen molar-refractivity contribution in [1.29, 1.82) is 0 Å². The van der Waals surface area contributed by atoms with Crippen LogP contribution in [0.4, 0.5) is 0 Å². The quantitative estimate of drug-likeness (QED) is 0.783. The number of rotatable bonds is 8. The lowest BCUT2D eigenvalue weighted by Gasteiger charge is -2.17. The normalized spacial score (nSPS) is 12.3. The molecule has 0 aliphatic carbocycles. The van der Waals surface area contributed by atoms with Gasteiger partial charge in [-0.1, -0.05) is 6.92 Å². The van der Waals surface area contributed by atoms with E-state index >= 15 is 0 Å². The van der Waals surface area contributed by atoms with Gasteiger partial charge in [-0.05, 0) is 20.4 Å². The Bertz CT molecular complexity index is 537. The molecule has 1 heterocycles. The fourth-order valence-corrected chi connectivity index (χ4v) is 3.56. The molecule has 0 aliphatic rings. The highest BCUT2D eigenvalue weighted by molar-refractivity contribution is 7.89. The Kier molecular flexibility index (Phi) is 6.19. The van der Waals surface area contributed by atoms with Crippen LogP contribution in [-0.4, -0.2) is 46.6 Å². The molecule has 0 bridgehead atoms. The molecule has 0 amide bonds. The highest BCUT2D eigenvalue weighted by Gasteiger charge is 2.29. The van der Waals surface area contributed by atoms with E-state index < -0.39 is 10.0 Å². The van der Waals surface area contributed by atoms with Crippen molar-refractivity contribution in [2.24, 2.45) is 0 Å². The Morgan fingerprint density at radius 2 is 1.95 bits per heavy atom. The van der Waals surface area contributed by atoms with Crippen molar-refractivity contribution in [3.05, 3.63) is 17.1 Å². The lowest BCUT2D eigenvalue weighted by molar-refractivity contribution is 0.185. The van der Waals surface area contributed by atoms with E-state index in [1.54, 1.807) is 28.0 Å². The van der Waals surface area contributed by atoms with Gasteiger partial charge >= 0.3 is 0 Å². The van der Waals surface area contributed by atoms with Crippen LogP contribution < -0.4 is 5.32 Å². The molecule has 6 nitrogen and oxygen atoms in total. The molecular formula is C13H24N2O4S. The lowest BCUT2D eigenvalue weighted by atomic mass is 10.2. The van der Waals surface area contributed by atoms with E-state index in [0.29, 0.717) is 36.8 Å². The molecule has 0 fully saturated rings. The van der Waals surface area contributed by atoms with E-state index in [9.17, 15) is 8.42 Å². The van der Waals surface area contributed by atoms with Gasteiger partial charge in [0.15, 0.2) is 0 Å². The average Bonchev–Trinajstić information content (AvgIpc) is 2.68. The van der Waals surface area contributed by atoms with Crippen LogP contribution in [0.5, 0.6) is 0 Å². The zero-order valence-corrected chi connectivity index (χ0v) is 13.6. The van der Waals surface area contributed by atoms with Gasteiger partial charge in [0.25, 0.3) is 0 Å². The van der Waals surface area contributed by atoms with Gasteiger partial charge in [0.2, 0.25) is 10.0 Å². The summed E-state index contributed by atoms with van der Waals surface area (Å²) in [4.78, 5) is 0.273. The minimum Gasteiger partial charge on any atom is -0.465 e. The molecule has 1 aromatic heterocycles. The zero-order chi connectivity index (χ0) is 15.3. The monoisotopic (exact) mass is 304 g/mol. The van der Waals surface area contributed by atoms with Crippen LogP contribution in [0.2, 0.25) is 0 Å². The van der Waals surface area contributed by atoms with E-state index in [1.165, 1.54) is 4.31 Å². The van der Waals surface area contributed by atoms with Gasteiger partial charge in [-0.15, -0.1) is 0 Å². The summed E-state index contributed by atoms with van der Waals surface area (Å²) >= 11 is 0. The Labute approximate surface area is 121 Å². The third-order valence-electron chi connectivity index (χ3n) is 3.16. The summed E-state index contributed by atoms with van der Waals surface area (Å²) in [5.41, 5.74) is 0.702. The second kappa shape index (κ2) is 7.21. The minimum absolute atomic E-state index is 0.273. The number of ether oxygens (including phenoxy) is 1. The third-order valence-corrected chi connectivity index (χ3v) is 5.21. The maximum Gasteiger partial charge on any atom is 0.246 e. The number of nitrogens with one attached hydrogen (secondary N) is 1. The third kappa shape index (κ3) is 3.60. The first-order chi connectivity index (χ1) is 9.36. The number of nitrogens with zero attached hydrogens (tertiary/aromatic N) is 1. The molecule has 0 aromatic carbocycles. The highest BCUT2D eigenvalue weighted by Crippen LogP contribution is 2.28. The molecule has 0 atom stereocenters. The first-order valence-corrected chi connectivity index (χ1v) is 8.05. The summed E-state index contributed by atoms with van der Waals surface area (Å²) in [7, 11) is -0.468. The van der Waals surface area contributed by atoms with Crippen molar-refractivity contribution in [3.8, 4) is 0 Å². The molecule has 0 aliphatic heterocycles. The first kappa shape index (κ1) is 17.2. The lowest BCUT2D eigenvalue weighted by Crippen LogP contribution is -2.31. The minimum atomic E-state index is -3.56. The van der Waals surface area contributed by atoms with Gasteiger partial charge < -0.3 is 14.5 Å². The first-order valence-electron chi connectivity index (χ1n) is 6.61. The van der Waals surface area contributed by atoms with Gasteiger partial charge in [0.05, 0.1) is 6.61 Å². The van der Waals surface area contributed by atoms with E-state index in [1.807, 2.05) is 6.92 Å². The molecule has 1 aromatic rings. The van der Waals surface area contributed by atoms with Crippen molar-refractivity contribution in [1.82, 2.24) is 9.62 Å². The van der Waals surface area contributed by atoms with Crippen molar-refractivity contribution >= 4 is 10.0 Å². The average molecular weight is 304 g/mol. The summed E-state index contributed by atoms with van der Waals surface area (Å²) in [6, 6.07) is 0. The Balaban J connectivity index is 3.16. The van der Waals surface area contributed by atoms with Crippen LogP contribution in [0.25, 0.3) is 0 Å². The number of methoxy groups -OCH3 is 1. The molecule has 7 heteroatoms. The standard InChI is InChI=1S/C13H24N2O4S/c1-6-14-9-12-10(2)19-11(3)13(12)20(16,17)15(4)7-8-18-5/h14H,6-9H2,1-5H3. The summed E-state index contributed by atoms with van der Waals surface area (Å²) in [5.74, 6) is 1.07. The smallest absolute Gasteiger partial charge is 0.246 e. The van der Waals surface area contributed by atoms with Gasteiger partial charge in [-0.2, -0.15) is 4.31 Å². The van der Waals surface area contributed by atoms with E-state index in [-0.39, 0.29) is 4.90 Å². The molecule has 0 radical (unpaired) electrons. The highest BCUT2D eigenvalue weighted by atomic mass is 32.2. The Morgan fingerprint density at radius 3 is 2.50 bits per heavy atom. The maximum absolute atomic E-state index is 12.6. The number of sulfonamides is 1. The number of hydrogen-bond acceptors (Lipinski definition) is 5. The van der Waals surface area contributed by atoms with E-state index in [4.69, 9.17) is 9.15 Å². The molecule has 0 unspecified atom stereocenters. The number of aryl methyl sites for hydroxylation is 2. The van der Waals surface area contributed by atoms with Crippen molar-refractivity contribution in [3.63, 3.8) is 0 Å². The summed E-state index contributed by atoms with van der Waals surface area (Å²) in [6.45, 7) is 7.35. The van der Waals surface area contributed by atoms with Gasteiger partial charge in [-0.3, -0.25) is 0 Å². The Hall–Kier alpha value is -0.890.